The third-order valence-electron chi connectivity index (χ3n) is 7.52. The summed E-state index contributed by atoms with van der Waals surface area (Å²) in [5.74, 6) is -0.986. The van der Waals surface area contributed by atoms with Crippen LogP contribution in [0.2, 0.25) is 0 Å². The van der Waals surface area contributed by atoms with Crippen LogP contribution in [0.4, 0.5) is 0 Å². The van der Waals surface area contributed by atoms with Crippen molar-refractivity contribution >= 4 is 11.6 Å². The van der Waals surface area contributed by atoms with Gasteiger partial charge in [0.25, 0.3) is 0 Å². The summed E-state index contributed by atoms with van der Waals surface area (Å²) >= 11 is 0. The van der Waals surface area contributed by atoms with E-state index in [1.807, 2.05) is 0 Å². The lowest BCUT2D eigenvalue weighted by Gasteiger charge is -2.21. The molecule has 0 aromatic rings. The standard InChI is InChI=1S/C33H62O5/c1-3-5-7-9-11-13-15-16-18-20-22-24-26-28-30(35)32(37)33(38)31(36)29(34)27-25-23-21-19-17-14-12-10-8-6-4-2/h13,15,31-33,36-38H,3-12,14,16-28H2,1-2H3. The van der Waals surface area contributed by atoms with Crippen molar-refractivity contribution in [2.45, 2.75) is 186 Å². The van der Waals surface area contributed by atoms with Gasteiger partial charge in [0.05, 0.1) is 0 Å². The lowest BCUT2D eigenvalue weighted by Crippen LogP contribution is -2.45. The third-order valence-corrected chi connectivity index (χ3v) is 7.52. The second-order valence-corrected chi connectivity index (χ2v) is 11.2. The number of carbonyl (C=O) groups is 2. The molecule has 224 valence electrons. The van der Waals surface area contributed by atoms with E-state index in [4.69, 9.17) is 0 Å². The van der Waals surface area contributed by atoms with Crippen LogP contribution in [0, 0.1) is 0 Å². The van der Waals surface area contributed by atoms with E-state index in [0.29, 0.717) is 12.8 Å². The number of carbonyl (C=O) groups excluding carboxylic acids is 2. The summed E-state index contributed by atoms with van der Waals surface area (Å²) in [7, 11) is 0. The maximum absolute atomic E-state index is 12.2. The molecule has 3 N–H and O–H groups in total. The Morgan fingerprint density at radius 1 is 0.474 bits per heavy atom. The molecule has 5 heteroatoms. The quantitative estimate of drug-likeness (QED) is 0.0659. The topological polar surface area (TPSA) is 94.8 Å². The molecule has 0 rings (SSSR count). The number of Topliss-reactive ketones (excluding diaryl/α,β-unsaturated/α-hetero) is 2. The van der Waals surface area contributed by atoms with Gasteiger partial charge in [0.1, 0.15) is 18.3 Å². The number of aliphatic hydroxyl groups is 3. The summed E-state index contributed by atoms with van der Waals surface area (Å²) < 4.78 is 0. The van der Waals surface area contributed by atoms with Crippen LogP contribution in [-0.4, -0.2) is 45.2 Å². The summed E-state index contributed by atoms with van der Waals surface area (Å²) in [6.45, 7) is 4.46. The monoisotopic (exact) mass is 538 g/mol. The Morgan fingerprint density at radius 2 is 0.763 bits per heavy atom. The number of hydrogen-bond donors (Lipinski definition) is 3. The number of aliphatic hydroxyl groups excluding tert-OH is 3. The van der Waals surface area contributed by atoms with Gasteiger partial charge in [-0.3, -0.25) is 9.59 Å². The molecule has 0 heterocycles. The molecule has 0 aromatic heterocycles. The average molecular weight is 539 g/mol. The predicted octanol–water partition coefficient (Wildman–Crippen LogP) is 8.17. The minimum Gasteiger partial charge on any atom is -0.387 e. The Kier molecular flexibility index (Phi) is 26.8. The van der Waals surface area contributed by atoms with Crippen molar-refractivity contribution in [3.8, 4) is 0 Å². The second kappa shape index (κ2) is 27.5. The zero-order valence-electron chi connectivity index (χ0n) is 25.0. The van der Waals surface area contributed by atoms with Gasteiger partial charge in [-0.05, 0) is 38.5 Å². The number of rotatable bonds is 29. The molecule has 38 heavy (non-hydrogen) atoms. The molecule has 0 bridgehead atoms. The van der Waals surface area contributed by atoms with E-state index in [9.17, 15) is 24.9 Å². The summed E-state index contributed by atoms with van der Waals surface area (Å²) in [5.41, 5.74) is 0. The van der Waals surface area contributed by atoms with Crippen LogP contribution < -0.4 is 0 Å². The van der Waals surface area contributed by atoms with Crippen molar-refractivity contribution in [1.29, 1.82) is 0 Å². The first-order valence-electron chi connectivity index (χ1n) is 16.2. The molecule has 0 saturated carbocycles. The molecule has 3 atom stereocenters. The number of hydrogen-bond acceptors (Lipinski definition) is 5. The third kappa shape index (κ3) is 21.8. The van der Waals surface area contributed by atoms with Gasteiger partial charge in [-0.1, -0.05) is 129 Å². The Morgan fingerprint density at radius 3 is 1.13 bits per heavy atom. The van der Waals surface area contributed by atoms with Crippen molar-refractivity contribution in [3.05, 3.63) is 12.2 Å². The van der Waals surface area contributed by atoms with Crippen LogP contribution in [-0.2, 0) is 9.59 Å². The van der Waals surface area contributed by atoms with Crippen molar-refractivity contribution < 1.29 is 24.9 Å². The molecule has 0 radical (unpaired) electrons. The maximum atomic E-state index is 12.2. The molecule has 0 aromatic carbocycles. The summed E-state index contributed by atoms with van der Waals surface area (Å²) in [4.78, 5) is 24.5. The highest BCUT2D eigenvalue weighted by molar-refractivity contribution is 5.87. The van der Waals surface area contributed by atoms with Gasteiger partial charge in [0.2, 0.25) is 0 Å². The highest BCUT2D eigenvalue weighted by atomic mass is 16.4. The largest absolute Gasteiger partial charge is 0.387 e. The zero-order valence-corrected chi connectivity index (χ0v) is 25.0. The van der Waals surface area contributed by atoms with Gasteiger partial charge in [0.15, 0.2) is 11.6 Å². The van der Waals surface area contributed by atoms with Crippen molar-refractivity contribution in [1.82, 2.24) is 0 Å². The van der Waals surface area contributed by atoms with Crippen LogP contribution >= 0.6 is 0 Å². The Bertz CT molecular complexity index is 574. The summed E-state index contributed by atoms with van der Waals surface area (Å²) in [6, 6.07) is 0. The molecule has 0 amide bonds. The van der Waals surface area contributed by atoms with Gasteiger partial charge >= 0.3 is 0 Å². The highest BCUT2D eigenvalue weighted by Gasteiger charge is 2.33. The molecule has 3 unspecified atom stereocenters. The number of allylic oxidation sites excluding steroid dienone is 2. The van der Waals surface area contributed by atoms with Crippen molar-refractivity contribution in [3.63, 3.8) is 0 Å². The minimum atomic E-state index is -1.74. The lowest BCUT2D eigenvalue weighted by atomic mass is 9.95. The SMILES string of the molecule is CCCCCCC=CCCCCCCCC(=O)C(O)C(O)C(O)C(=O)CCCCCCCCCCCCC. The van der Waals surface area contributed by atoms with E-state index < -0.39 is 29.9 Å². The molecule has 0 aliphatic heterocycles. The Labute approximate surface area is 234 Å². The van der Waals surface area contributed by atoms with Gasteiger partial charge < -0.3 is 15.3 Å². The molecule has 0 saturated heterocycles. The van der Waals surface area contributed by atoms with Gasteiger partial charge in [0, 0.05) is 12.8 Å². The van der Waals surface area contributed by atoms with E-state index in [2.05, 4.69) is 26.0 Å². The van der Waals surface area contributed by atoms with Crippen molar-refractivity contribution in [2.75, 3.05) is 0 Å². The molecule has 0 aliphatic rings. The first kappa shape index (κ1) is 37.0. The first-order chi connectivity index (χ1) is 18.5. The van der Waals surface area contributed by atoms with E-state index in [-0.39, 0.29) is 12.8 Å². The molecule has 0 aliphatic carbocycles. The minimum absolute atomic E-state index is 0.162. The van der Waals surface area contributed by atoms with Crippen LogP contribution in [0.3, 0.4) is 0 Å². The van der Waals surface area contributed by atoms with Crippen LogP contribution in [0.25, 0.3) is 0 Å². The molecular weight excluding hydrogens is 476 g/mol. The fourth-order valence-corrected chi connectivity index (χ4v) is 4.83. The van der Waals surface area contributed by atoms with E-state index >= 15 is 0 Å². The number of unbranched alkanes of at least 4 members (excludes halogenated alkanes) is 19. The fraction of sp³-hybridized carbons (Fsp3) is 0.879. The average Bonchev–Trinajstić information content (AvgIpc) is 2.92. The van der Waals surface area contributed by atoms with Gasteiger partial charge in [-0.2, -0.15) is 0 Å². The Balaban J connectivity index is 3.78. The van der Waals surface area contributed by atoms with Gasteiger partial charge in [-0.25, -0.2) is 0 Å². The smallest absolute Gasteiger partial charge is 0.164 e. The Hall–Kier alpha value is -1.04. The van der Waals surface area contributed by atoms with E-state index in [1.165, 1.54) is 77.0 Å². The zero-order chi connectivity index (χ0) is 28.3. The van der Waals surface area contributed by atoms with E-state index in [0.717, 1.165) is 51.4 Å². The van der Waals surface area contributed by atoms with Crippen molar-refractivity contribution in [2.24, 2.45) is 0 Å². The number of ketones is 2. The summed E-state index contributed by atoms with van der Waals surface area (Å²) in [5, 5.41) is 30.4. The van der Waals surface area contributed by atoms with E-state index in [1.54, 1.807) is 0 Å². The summed E-state index contributed by atoms with van der Waals surface area (Å²) in [6.07, 6.45) is 25.0. The second-order valence-electron chi connectivity index (χ2n) is 11.2. The molecule has 0 spiro atoms. The first-order valence-corrected chi connectivity index (χ1v) is 16.2. The fourth-order valence-electron chi connectivity index (χ4n) is 4.83. The van der Waals surface area contributed by atoms with Gasteiger partial charge in [-0.15, -0.1) is 0 Å². The lowest BCUT2D eigenvalue weighted by molar-refractivity contribution is -0.146. The highest BCUT2D eigenvalue weighted by Crippen LogP contribution is 2.15. The van der Waals surface area contributed by atoms with Crippen LogP contribution in [0.5, 0.6) is 0 Å². The van der Waals surface area contributed by atoms with Crippen LogP contribution in [0.15, 0.2) is 12.2 Å². The molecular formula is C33H62O5. The molecule has 0 fully saturated rings. The predicted molar refractivity (Wildman–Crippen MR) is 159 cm³/mol. The maximum Gasteiger partial charge on any atom is 0.164 e. The van der Waals surface area contributed by atoms with Crippen LogP contribution in [0.1, 0.15) is 168 Å². The normalized spacial score (nSPS) is 14.1. The molecule has 5 nitrogen and oxygen atoms in total.